The summed E-state index contributed by atoms with van der Waals surface area (Å²) in [5, 5.41) is 4.64. The quantitative estimate of drug-likeness (QED) is 0.462. The lowest BCUT2D eigenvalue weighted by Gasteiger charge is -2.28. The molecule has 2 unspecified atom stereocenters. The molecule has 0 saturated heterocycles. The van der Waals surface area contributed by atoms with E-state index in [1.807, 2.05) is 42.5 Å². The Kier molecular flexibility index (Phi) is 7.85. The molecule has 1 aliphatic carbocycles. The van der Waals surface area contributed by atoms with Crippen LogP contribution in [-0.2, 0) is 0 Å². The van der Waals surface area contributed by atoms with Gasteiger partial charge in [0, 0.05) is 11.9 Å². The van der Waals surface area contributed by atoms with Crippen LogP contribution in [0.4, 0.5) is 5.82 Å². The second-order valence-corrected chi connectivity index (χ2v) is 8.75. The van der Waals surface area contributed by atoms with Gasteiger partial charge >= 0.3 is 0 Å². The van der Waals surface area contributed by atoms with Gasteiger partial charge in [0.25, 0.3) is 0 Å². The molecule has 7 nitrogen and oxygen atoms in total. The number of hydrogen-bond donors (Lipinski definition) is 2. The first-order valence-corrected chi connectivity index (χ1v) is 11.8. The van der Waals surface area contributed by atoms with Crippen molar-refractivity contribution in [2.24, 2.45) is 17.6 Å². The Morgan fingerprint density at radius 2 is 1.71 bits per heavy atom. The zero-order valence-corrected chi connectivity index (χ0v) is 20.2. The Hall–Kier alpha value is -3.32. The first-order chi connectivity index (χ1) is 16.6. The average molecular weight is 463 g/mol. The molecule has 1 saturated carbocycles. The lowest BCUT2D eigenvalue weighted by Crippen LogP contribution is -2.26. The van der Waals surface area contributed by atoms with Gasteiger partial charge in [0.15, 0.2) is 17.3 Å². The molecule has 0 radical (unpaired) electrons. The first kappa shape index (κ1) is 23.8. The molecule has 1 aromatic heterocycles. The Morgan fingerprint density at radius 1 is 0.971 bits per heavy atom. The number of para-hydroxylation sites is 1. The minimum Gasteiger partial charge on any atom is -0.493 e. The summed E-state index contributed by atoms with van der Waals surface area (Å²) in [6.07, 6.45) is 8.77. The molecule has 1 fully saturated rings. The maximum atomic E-state index is 5.93. The highest BCUT2D eigenvalue weighted by Gasteiger charge is 2.21. The molecule has 0 aliphatic heterocycles. The topological polar surface area (TPSA) is 91.5 Å². The molecule has 0 spiro atoms. The van der Waals surface area contributed by atoms with Gasteiger partial charge in [0.05, 0.1) is 26.8 Å². The second kappa shape index (κ2) is 11.2. The molecule has 3 aromatic rings. The third-order valence-corrected chi connectivity index (χ3v) is 6.52. The standard InChI is InChI=1S/C27H34N4O3/c1-32-23-14-18(15-24(33-2)26(23)34-3)11-12-25-30-22-10-5-4-9-21(22)27(31-25)29-17-20-8-6-7-19(13-20)16-28/h4-5,9-12,14-15,19-20H,6-8,13,16-17,28H2,1-3H3,(H,29,30,31). The van der Waals surface area contributed by atoms with E-state index < -0.39 is 0 Å². The van der Waals surface area contributed by atoms with Crippen LogP contribution in [0.1, 0.15) is 37.1 Å². The minimum absolute atomic E-state index is 0.565. The summed E-state index contributed by atoms with van der Waals surface area (Å²) >= 11 is 0. The fourth-order valence-corrected chi connectivity index (χ4v) is 4.71. The Bertz CT molecular complexity index is 1120. The van der Waals surface area contributed by atoms with E-state index in [4.69, 9.17) is 29.9 Å². The van der Waals surface area contributed by atoms with E-state index >= 15 is 0 Å². The summed E-state index contributed by atoms with van der Waals surface area (Å²) in [7, 11) is 4.81. The van der Waals surface area contributed by atoms with Gasteiger partial charge in [-0.3, -0.25) is 0 Å². The third kappa shape index (κ3) is 5.42. The van der Waals surface area contributed by atoms with Crippen LogP contribution in [0.15, 0.2) is 36.4 Å². The predicted molar refractivity (Wildman–Crippen MR) is 138 cm³/mol. The van der Waals surface area contributed by atoms with Gasteiger partial charge in [-0.1, -0.05) is 24.6 Å². The van der Waals surface area contributed by atoms with E-state index in [0.29, 0.717) is 34.9 Å². The van der Waals surface area contributed by atoms with E-state index in [0.717, 1.165) is 35.4 Å². The number of methoxy groups -OCH3 is 3. The largest absolute Gasteiger partial charge is 0.493 e. The normalized spacial score (nSPS) is 18.2. The predicted octanol–water partition coefficient (Wildman–Crippen LogP) is 5.00. The molecule has 7 heteroatoms. The van der Waals surface area contributed by atoms with Gasteiger partial charge in [-0.25, -0.2) is 9.97 Å². The summed E-state index contributed by atoms with van der Waals surface area (Å²) in [5.74, 6) is 4.53. The van der Waals surface area contributed by atoms with Crippen LogP contribution in [0.5, 0.6) is 17.2 Å². The summed E-state index contributed by atoms with van der Waals surface area (Å²) in [6.45, 7) is 1.68. The Labute approximate surface area is 201 Å². The van der Waals surface area contributed by atoms with Crippen LogP contribution in [0, 0.1) is 11.8 Å². The molecule has 3 N–H and O–H groups in total. The van der Waals surface area contributed by atoms with Crippen molar-refractivity contribution < 1.29 is 14.2 Å². The van der Waals surface area contributed by atoms with Crippen molar-refractivity contribution in [3.63, 3.8) is 0 Å². The van der Waals surface area contributed by atoms with Gasteiger partial charge in [-0.2, -0.15) is 0 Å². The van der Waals surface area contributed by atoms with Crippen molar-refractivity contribution in [2.45, 2.75) is 25.7 Å². The van der Waals surface area contributed by atoms with Crippen LogP contribution < -0.4 is 25.3 Å². The number of nitrogens with zero attached hydrogens (tertiary/aromatic N) is 2. The molecular formula is C27H34N4O3. The maximum Gasteiger partial charge on any atom is 0.203 e. The lowest BCUT2D eigenvalue weighted by molar-refractivity contribution is 0.281. The zero-order chi connectivity index (χ0) is 23.9. The van der Waals surface area contributed by atoms with Crippen molar-refractivity contribution in [3.05, 3.63) is 47.8 Å². The molecule has 2 atom stereocenters. The Balaban J connectivity index is 1.59. The van der Waals surface area contributed by atoms with E-state index in [2.05, 4.69) is 11.4 Å². The number of aromatic nitrogens is 2. The molecule has 4 rings (SSSR count). The number of hydrogen-bond acceptors (Lipinski definition) is 7. The molecule has 2 aromatic carbocycles. The lowest BCUT2D eigenvalue weighted by atomic mass is 9.81. The van der Waals surface area contributed by atoms with Crippen LogP contribution >= 0.6 is 0 Å². The van der Waals surface area contributed by atoms with Crippen LogP contribution in [0.25, 0.3) is 23.1 Å². The van der Waals surface area contributed by atoms with Crippen molar-refractivity contribution in [2.75, 3.05) is 39.7 Å². The van der Waals surface area contributed by atoms with Crippen molar-refractivity contribution >= 4 is 28.9 Å². The highest BCUT2D eigenvalue weighted by Crippen LogP contribution is 2.38. The average Bonchev–Trinajstić information content (AvgIpc) is 2.89. The van der Waals surface area contributed by atoms with Crippen molar-refractivity contribution in [3.8, 4) is 17.2 Å². The Morgan fingerprint density at radius 3 is 2.41 bits per heavy atom. The molecule has 1 heterocycles. The van der Waals surface area contributed by atoms with Crippen LogP contribution in [0.3, 0.4) is 0 Å². The van der Waals surface area contributed by atoms with Gasteiger partial charge in [-0.05, 0) is 73.5 Å². The van der Waals surface area contributed by atoms with Crippen molar-refractivity contribution in [1.82, 2.24) is 9.97 Å². The summed E-state index contributed by atoms with van der Waals surface area (Å²) in [4.78, 5) is 9.59. The highest BCUT2D eigenvalue weighted by atomic mass is 16.5. The fourth-order valence-electron chi connectivity index (χ4n) is 4.71. The summed E-state index contributed by atoms with van der Waals surface area (Å²) < 4.78 is 16.3. The molecule has 34 heavy (non-hydrogen) atoms. The van der Waals surface area contributed by atoms with Crippen molar-refractivity contribution in [1.29, 1.82) is 0 Å². The van der Waals surface area contributed by atoms with E-state index in [1.54, 1.807) is 21.3 Å². The summed E-state index contributed by atoms with van der Waals surface area (Å²) in [5.41, 5.74) is 7.74. The van der Waals surface area contributed by atoms with E-state index in [1.165, 1.54) is 25.7 Å². The van der Waals surface area contributed by atoms with E-state index in [9.17, 15) is 0 Å². The van der Waals surface area contributed by atoms with Gasteiger partial charge in [-0.15, -0.1) is 0 Å². The number of anilines is 1. The smallest absolute Gasteiger partial charge is 0.203 e. The monoisotopic (exact) mass is 462 g/mol. The molecule has 0 amide bonds. The maximum absolute atomic E-state index is 5.93. The minimum atomic E-state index is 0.565. The SMILES string of the molecule is COc1cc(C=Cc2nc(NCC3CCCC(CN)C3)c3ccccc3n2)cc(OC)c1OC. The summed E-state index contributed by atoms with van der Waals surface area (Å²) in [6, 6.07) is 11.9. The van der Waals surface area contributed by atoms with Gasteiger partial charge in [0.2, 0.25) is 5.75 Å². The van der Waals surface area contributed by atoms with Crippen LogP contribution in [-0.4, -0.2) is 44.4 Å². The molecule has 1 aliphatic rings. The highest BCUT2D eigenvalue weighted by molar-refractivity contribution is 5.90. The van der Waals surface area contributed by atoms with Crippen LogP contribution in [0.2, 0.25) is 0 Å². The number of benzene rings is 2. The van der Waals surface area contributed by atoms with Gasteiger partial charge in [0.1, 0.15) is 5.82 Å². The molecule has 180 valence electrons. The molecule has 0 bridgehead atoms. The first-order valence-electron chi connectivity index (χ1n) is 11.8. The van der Waals surface area contributed by atoms with Gasteiger partial charge < -0.3 is 25.3 Å². The third-order valence-electron chi connectivity index (χ3n) is 6.52. The van der Waals surface area contributed by atoms with E-state index in [-0.39, 0.29) is 0 Å². The number of ether oxygens (including phenoxy) is 3. The number of nitrogens with two attached hydrogens (primary N) is 1. The number of fused-ring (bicyclic) bond motifs is 1. The number of nitrogens with one attached hydrogen (secondary N) is 1. The zero-order valence-electron chi connectivity index (χ0n) is 20.2. The fraction of sp³-hybridized carbons (Fsp3) is 0.407. The molecular weight excluding hydrogens is 428 g/mol. The second-order valence-electron chi connectivity index (χ2n) is 8.75. The number of rotatable bonds is 9.